The monoisotopic (exact) mass is 655 g/mol. The highest BCUT2D eigenvalue weighted by atomic mass is 32.1. The van der Waals surface area contributed by atoms with E-state index in [1.807, 2.05) is 11.3 Å². The normalized spacial score (nSPS) is 11.2. The average molecular weight is 656 g/mol. The Morgan fingerprint density at radius 1 is 0.300 bits per heavy atom. The summed E-state index contributed by atoms with van der Waals surface area (Å²) in [5, 5.41) is 2.60. The van der Waals surface area contributed by atoms with Crippen LogP contribution in [0.15, 0.2) is 200 Å². The summed E-state index contributed by atoms with van der Waals surface area (Å²) in [4.78, 5) is 2.42. The fourth-order valence-electron chi connectivity index (χ4n) is 7.00. The molecule has 0 aliphatic carbocycles. The number of thiophene rings is 1. The van der Waals surface area contributed by atoms with Crippen LogP contribution in [0.25, 0.3) is 64.7 Å². The second-order valence-electron chi connectivity index (χ2n) is 12.5. The lowest BCUT2D eigenvalue weighted by molar-refractivity contribution is 1.29. The highest BCUT2D eigenvalue weighted by molar-refractivity contribution is 7.26. The molecule has 0 saturated carbocycles. The van der Waals surface area contributed by atoms with Crippen LogP contribution in [0.3, 0.4) is 0 Å². The van der Waals surface area contributed by atoms with Gasteiger partial charge in [0.25, 0.3) is 0 Å². The Bertz CT molecular complexity index is 2530. The topological polar surface area (TPSA) is 3.24 Å². The molecule has 50 heavy (non-hydrogen) atoms. The zero-order valence-electron chi connectivity index (χ0n) is 27.4. The maximum Gasteiger partial charge on any atom is 0.0554 e. The minimum absolute atomic E-state index is 1.11. The van der Waals surface area contributed by atoms with Gasteiger partial charge in [0, 0.05) is 37.1 Å². The molecule has 0 aliphatic heterocycles. The summed E-state index contributed by atoms with van der Waals surface area (Å²) in [7, 11) is 0. The maximum atomic E-state index is 2.42. The van der Waals surface area contributed by atoms with E-state index in [9.17, 15) is 0 Å². The summed E-state index contributed by atoms with van der Waals surface area (Å²) in [6.45, 7) is 0. The minimum atomic E-state index is 1.11. The van der Waals surface area contributed by atoms with Crippen molar-refractivity contribution in [2.45, 2.75) is 0 Å². The number of hydrogen-bond donors (Lipinski definition) is 0. The SMILES string of the molecule is c1ccc(-c2ccc(-c3ccc(N(c4ccc(-c5ccccc5)cc4)c4ccc5c(sc6ccccc65)c4-c4ccccc4)cc3)cc2)cc1. The fourth-order valence-corrected chi connectivity index (χ4v) is 8.27. The van der Waals surface area contributed by atoms with Gasteiger partial charge in [-0.25, -0.2) is 0 Å². The molecule has 0 unspecified atom stereocenters. The van der Waals surface area contributed by atoms with Gasteiger partial charge in [0.1, 0.15) is 0 Å². The number of hydrogen-bond acceptors (Lipinski definition) is 2. The highest BCUT2D eigenvalue weighted by Gasteiger charge is 2.21. The zero-order valence-corrected chi connectivity index (χ0v) is 28.2. The molecule has 8 aromatic carbocycles. The molecule has 1 nitrogen and oxygen atoms in total. The second-order valence-corrected chi connectivity index (χ2v) is 13.6. The Kier molecular flexibility index (Phi) is 7.77. The molecule has 0 amide bonds. The molecule has 236 valence electrons. The predicted octanol–water partition coefficient (Wildman–Crippen LogP) is 14.2. The van der Waals surface area contributed by atoms with Crippen molar-refractivity contribution in [3.8, 4) is 44.5 Å². The quantitative estimate of drug-likeness (QED) is 0.165. The lowest BCUT2D eigenvalue weighted by atomic mass is 9.98. The van der Waals surface area contributed by atoms with Crippen molar-refractivity contribution >= 4 is 48.6 Å². The van der Waals surface area contributed by atoms with Gasteiger partial charge in [0.05, 0.1) is 5.69 Å². The first-order chi connectivity index (χ1) is 24.8. The van der Waals surface area contributed by atoms with E-state index in [1.54, 1.807) is 0 Å². The van der Waals surface area contributed by atoms with Crippen LogP contribution in [-0.4, -0.2) is 0 Å². The molecule has 0 atom stereocenters. The first-order valence-electron chi connectivity index (χ1n) is 17.0. The van der Waals surface area contributed by atoms with E-state index >= 15 is 0 Å². The summed E-state index contributed by atoms with van der Waals surface area (Å²) in [5.41, 5.74) is 13.1. The third kappa shape index (κ3) is 5.56. The molecule has 2 heteroatoms. The van der Waals surface area contributed by atoms with Crippen LogP contribution in [-0.2, 0) is 0 Å². The molecule has 0 saturated heterocycles. The van der Waals surface area contributed by atoms with Crippen molar-refractivity contribution in [1.29, 1.82) is 0 Å². The third-order valence-corrected chi connectivity index (χ3v) is 10.7. The van der Waals surface area contributed by atoms with E-state index in [2.05, 4.69) is 205 Å². The average Bonchev–Trinajstić information content (AvgIpc) is 3.58. The number of rotatable bonds is 7. The molecule has 9 aromatic rings. The Labute approximate surface area is 297 Å². The summed E-state index contributed by atoms with van der Waals surface area (Å²) in [6, 6.07) is 72.2. The Balaban J connectivity index is 1.19. The summed E-state index contributed by atoms with van der Waals surface area (Å²) >= 11 is 1.88. The van der Waals surface area contributed by atoms with E-state index in [0.717, 1.165) is 17.1 Å². The van der Waals surface area contributed by atoms with E-state index in [0.29, 0.717) is 0 Å². The van der Waals surface area contributed by atoms with E-state index in [-0.39, 0.29) is 0 Å². The van der Waals surface area contributed by atoms with Crippen LogP contribution >= 0.6 is 11.3 Å². The molecule has 0 radical (unpaired) electrons. The Morgan fingerprint density at radius 2 is 0.700 bits per heavy atom. The molecule has 0 aliphatic rings. The molecule has 9 rings (SSSR count). The zero-order chi connectivity index (χ0) is 33.3. The van der Waals surface area contributed by atoms with Crippen molar-refractivity contribution in [3.05, 3.63) is 200 Å². The Hall–Kier alpha value is -6.22. The second kappa shape index (κ2) is 13.0. The first kappa shape index (κ1) is 29.9. The van der Waals surface area contributed by atoms with Gasteiger partial charge in [-0.15, -0.1) is 11.3 Å². The van der Waals surface area contributed by atoms with Crippen molar-refractivity contribution in [3.63, 3.8) is 0 Å². The Morgan fingerprint density at radius 3 is 1.20 bits per heavy atom. The van der Waals surface area contributed by atoms with Gasteiger partial charge in [-0.05, 0) is 75.3 Å². The van der Waals surface area contributed by atoms with Crippen LogP contribution in [0.2, 0.25) is 0 Å². The van der Waals surface area contributed by atoms with Crippen LogP contribution in [0.4, 0.5) is 17.1 Å². The summed E-state index contributed by atoms with van der Waals surface area (Å²) in [5.74, 6) is 0. The van der Waals surface area contributed by atoms with Crippen molar-refractivity contribution < 1.29 is 0 Å². The van der Waals surface area contributed by atoms with Crippen molar-refractivity contribution in [1.82, 2.24) is 0 Å². The smallest absolute Gasteiger partial charge is 0.0554 e. The first-order valence-corrected chi connectivity index (χ1v) is 17.8. The lowest BCUT2D eigenvalue weighted by Crippen LogP contribution is -2.11. The van der Waals surface area contributed by atoms with Crippen LogP contribution in [0.1, 0.15) is 0 Å². The highest BCUT2D eigenvalue weighted by Crippen LogP contribution is 2.48. The van der Waals surface area contributed by atoms with E-state index in [1.165, 1.54) is 64.7 Å². The van der Waals surface area contributed by atoms with Crippen LogP contribution < -0.4 is 4.90 Å². The standard InChI is InChI=1S/C48H33NS/c1-4-12-34(13-5-1)36-20-22-37(23-21-36)39-26-30-42(31-27-39)49(41-28-24-38(25-29-41)35-14-6-2-7-15-35)45-33-32-44-43-18-10-11-19-46(43)50-48(44)47(45)40-16-8-3-9-17-40/h1-33H. The number of nitrogens with zero attached hydrogens (tertiary/aromatic N) is 1. The van der Waals surface area contributed by atoms with Gasteiger partial charge in [-0.2, -0.15) is 0 Å². The van der Waals surface area contributed by atoms with Crippen molar-refractivity contribution in [2.24, 2.45) is 0 Å². The molecule has 1 aromatic heterocycles. The van der Waals surface area contributed by atoms with Gasteiger partial charge < -0.3 is 4.90 Å². The van der Waals surface area contributed by atoms with Crippen molar-refractivity contribution in [2.75, 3.05) is 4.90 Å². The fraction of sp³-hybridized carbons (Fsp3) is 0. The number of benzene rings is 8. The molecular weight excluding hydrogens is 623 g/mol. The summed E-state index contributed by atoms with van der Waals surface area (Å²) in [6.07, 6.45) is 0. The van der Waals surface area contributed by atoms with Gasteiger partial charge in [0.2, 0.25) is 0 Å². The maximum absolute atomic E-state index is 2.42. The molecule has 0 bridgehead atoms. The van der Waals surface area contributed by atoms with E-state index in [4.69, 9.17) is 0 Å². The minimum Gasteiger partial charge on any atom is -0.310 e. The number of anilines is 3. The largest absolute Gasteiger partial charge is 0.310 e. The molecular formula is C48H33NS. The third-order valence-electron chi connectivity index (χ3n) is 9.51. The van der Waals surface area contributed by atoms with Gasteiger partial charge >= 0.3 is 0 Å². The van der Waals surface area contributed by atoms with Gasteiger partial charge in [-0.3, -0.25) is 0 Å². The number of fused-ring (bicyclic) bond motifs is 3. The van der Waals surface area contributed by atoms with Gasteiger partial charge in [-0.1, -0.05) is 164 Å². The molecule has 0 spiro atoms. The molecule has 0 N–H and O–H groups in total. The predicted molar refractivity (Wildman–Crippen MR) is 216 cm³/mol. The molecule has 1 heterocycles. The summed E-state index contributed by atoms with van der Waals surface area (Å²) < 4.78 is 2.61. The van der Waals surface area contributed by atoms with E-state index < -0.39 is 0 Å². The van der Waals surface area contributed by atoms with Crippen LogP contribution in [0.5, 0.6) is 0 Å². The van der Waals surface area contributed by atoms with Gasteiger partial charge in [0.15, 0.2) is 0 Å². The van der Waals surface area contributed by atoms with Crippen LogP contribution in [0, 0.1) is 0 Å². The molecule has 0 fully saturated rings. The lowest BCUT2D eigenvalue weighted by Gasteiger charge is -2.28.